The van der Waals surface area contributed by atoms with Crippen LogP contribution in [0.25, 0.3) is 0 Å². The Labute approximate surface area is 115 Å². The number of amides is 1. The highest BCUT2D eigenvalue weighted by molar-refractivity contribution is 5.85. The average molecular weight is 260 g/mol. The Morgan fingerprint density at radius 1 is 1.21 bits per heavy atom. The lowest BCUT2D eigenvalue weighted by atomic mass is 10.1. The molecular weight excluding hydrogens is 236 g/mol. The Bertz CT molecular complexity index is 421. The van der Waals surface area contributed by atoms with Gasteiger partial charge in [0.15, 0.2) is 0 Å². The molecule has 1 fully saturated rings. The van der Waals surface area contributed by atoms with Crippen molar-refractivity contribution in [2.45, 2.75) is 32.6 Å². The predicted octanol–water partition coefficient (Wildman–Crippen LogP) is 1.91. The number of benzene rings is 1. The molecule has 0 spiro atoms. The molecule has 1 aliphatic rings. The minimum Gasteiger partial charge on any atom is -0.355 e. The molecule has 19 heavy (non-hydrogen) atoms. The third-order valence-electron chi connectivity index (χ3n) is 3.98. The van der Waals surface area contributed by atoms with Crippen LogP contribution in [0.4, 0.5) is 0 Å². The zero-order valence-electron chi connectivity index (χ0n) is 12.0. The average Bonchev–Trinajstić information content (AvgIpc) is 3.21. The van der Waals surface area contributed by atoms with E-state index in [2.05, 4.69) is 41.8 Å². The van der Waals surface area contributed by atoms with Gasteiger partial charge in [0.2, 0.25) is 5.91 Å². The third kappa shape index (κ3) is 3.57. The number of nitrogens with one attached hydrogen (secondary N) is 2. The smallest absolute Gasteiger partial charge is 0.227 e. The summed E-state index contributed by atoms with van der Waals surface area (Å²) < 4.78 is 0. The van der Waals surface area contributed by atoms with Crippen LogP contribution < -0.4 is 10.6 Å². The summed E-state index contributed by atoms with van der Waals surface area (Å²) in [6.07, 6.45) is 4.02. The zero-order valence-corrected chi connectivity index (χ0v) is 12.0. The lowest BCUT2D eigenvalue weighted by Crippen LogP contribution is -2.38. The molecule has 2 N–H and O–H groups in total. The Balaban J connectivity index is 1.75. The molecule has 0 aromatic heterocycles. The fourth-order valence-electron chi connectivity index (χ4n) is 2.42. The van der Waals surface area contributed by atoms with E-state index in [0.717, 1.165) is 38.8 Å². The summed E-state index contributed by atoms with van der Waals surface area (Å²) in [7, 11) is 1.91. The van der Waals surface area contributed by atoms with Gasteiger partial charge < -0.3 is 10.6 Å². The van der Waals surface area contributed by atoms with Gasteiger partial charge in [0.05, 0.1) is 5.41 Å². The second kappa shape index (κ2) is 6.20. The maximum absolute atomic E-state index is 12.1. The van der Waals surface area contributed by atoms with E-state index >= 15 is 0 Å². The summed E-state index contributed by atoms with van der Waals surface area (Å²) in [5, 5.41) is 6.18. The van der Waals surface area contributed by atoms with Crippen molar-refractivity contribution < 1.29 is 4.79 Å². The summed E-state index contributed by atoms with van der Waals surface area (Å²) >= 11 is 0. The number of hydrogen-bond donors (Lipinski definition) is 2. The van der Waals surface area contributed by atoms with Crippen molar-refractivity contribution in [1.29, 1.82) is 0 Å². The van der Waals surface area contributed by atoms with Crippen molar-refractivity contribution in [1.82, 2.24) is 10.6 Å². The number of carbonyl (C=O) groups is 1. The summed E-state index contributed by atoms with van der Waals surface area (Å²) in [6.45, 7) is 3.69. The molecule has 1 aromatic carbocycles. The maximum atomic E-state index is 12.1. The van der Waals surface area contributed by atoms with Crippen molar-refractivity contribution in [3.05, 3.63) is 35.4 Å². The molecule has 2 rings (SSSR count). The first-order chi connectivity index (χ1) is 9.20. The van der Waals surface area contributed by atoms with Gasteiger partial charge in [-0.15, -0.1) is 0 Å². The summed E-state index contributed by atoms with van der Waals surface area (Å²) in [4.78, 5) is 12.1. The summed E-state index contributed by atoms with van der Waals surface area (Å²) in [6, 6.07) is 8.65. The first kappa shape index (κ1) is 14.1. The molecule has 0 aliphatic heterocycles. The highest BCUT2D eigenvalue weighted by Crippen LogP contribution is 2.45. The van der Waals surface area contributed by atoms with E-state index in [1.807, 2.05) is 7.05 Å². The number of carbonyl (C=O) groups excluding carboxylic acids is 1. The van der Waals surface area contributed by atoms with Crippen molar-refractivity contribution in [2.24, 2.45) is 5.41 Å². The van der Waals surface area contributed by atoms with Gasteiger partial charge in [-0.05, 0) is 43.9 Å². The SMILES string of the molecule is CCc1ccc(CCNC(=O)C2(CNC)CC2)cc1. The second-order valence-electron chi connectivity index (χ2n) is 5.49. The van der Waals surface area contributed by atoms with Crippen LogP contribution in [0.1, 0.15) is 30.9 Å². The van der Waals surface area contributed by atoms with E-state index < -0.39 is 0 Å². The van der Waals surface area contributed by atoms with Crippen LogP contribution in [-0.2, 0) is 17.6 Å². The van der Waals surface area contributed by atoms with E-state index in [1.54, 1.807) is 0 Å². The van der Waals surface area contributed by atoms with Gasteiger partial charge >= 0.3 is 0 Å². The Hall–Kier alpha value is -1.35. The molecule has 0 heterocycles. The van der Waals surface area contributed by atoms with Gasteiger partial charge in [-0.1, -0.05) is 31.2 Å². The van der Waals surface area contributed by atoms with Crippen LogP contribution >= 0.6 is 0 Å². The molecule has 0 radical (unpaired) electrons. The lowest BCUT2D eigenvalue weighted by Gasteiger charge is -2.14. The minimum absolute atomic E-state index is 0.110. The number of hydrogen-bond acceptors (Lipinski definition) is 2. The van der Waals surface area contributed by atoms with Crippen LogP contribution in [0.15, 0.2) is 24.3 Å². The van der Waals surface area contributed by atoms with E-state index in [0.29, 0.717) is 0 Å². The molecule has 1 aromatic rings. The largest absolute Gasteiger partial charge is 0.355 e. The molecule has 104 valence electrons. The van der Waals surface area contributed by atoms with E-state index in [1.165, 1.54) is 11.1 Å². The topological polar surface area (TPSA) is 41.1 Å². The van der Waals surface area contributed by atoms with Crippen LogP contribution in [0.3, 0.4) is 0 Å². The van der Waals surface area contributed by atoms with Crippen molar-refractivity contribution in [2.75, 3.05) is 20.1 Å². The highest BCUT2D eigenvalue weighted by atomic mass is 16.2. The van der Waals surface area contributed by atoms with Crippen LogP contribution in [0.5, 0.6) is 0 Å². The first-order valence-electron chi connectivity index (χ1n) is 7.21. The normalized spacial score (nSPS) is 16.1. The fraction of sp³-hybridized carbons (Fsp3) is 0.562. The molecule has 0 unspecified atom stereocenters. The molecule has 1 aliphatic carbocycles. The Kier molecular flexibility index (Phi) is 4.59. The quantitative estimate of drug-likeness (QED) is 0.786. The second-order valence-corrected chi connectivity index (χ2v) is 5.49. The van der Waals surface area contributed by atoms with Gasteiger partial charge in [0.1, 0.15) is 0 Å². The summed E-state index contributed by atoms with van der Waals surface area (Å²) in [5.74, 6) is 0.215. The fourth-order valence-corrected chi connectivity index (χ4v) is 2.42. The van der Waals surface area contributed by atoms with Crippen LogP contribution in [-0.4, -0.2) is 26.0 Å². The van der Waals surface area contributed by atoms with E-state index in [-0.39, 0.29) is 11.3 Å². The van der Waals surface area contributed by atoms with Crippen molar-refractivity contribution in [3.63, 3.8) is 0 Å². The lowest BCUT2D eigenvalue weighted by molar-refractivity contribution is -0.126. The van der Waals surface area contributed by atoms with Crippen LogP contribution in [0, 0.1) is 5.41 Å². The van der Waals surface area contributed by atoms with Crippen molar-refractivity contribution in [3.8, 4) is 0 Å². The predicted molar refractivity (Wildman–Crippen MR) is 78.1 cm³/mol. The first-order valence-corrected chi connectivity index (χ1v) is 7.21. The third-order valence-corrected chi connectivity index (χ3v) is 3.98. The highest BCUT2D eigenvalue weighted by Gasteiger charge is 2.48. The van der Waals surface area contributed by atoms with Gasteiger partial charge in [-0.2, -0.15) is 0 Å². The molecule has 3 nitrogen and oxygen atoms in total. The number of aryl methyl sites for hydroxylation is 1. The number of rotatable bonds is 7. The van der Waals surface area contributed by atoms with Gasteiger partial charge in [0, 0.05) is 13.1 Å². The molecule has 0 saturated heterocycles. The molecule has 1 saturated carbocycles. The zero-order chi connectivity index (χ0) is 13.7. The molecule has 3 heteroatoms. The summed E-state index contributed by atoms with van der Waals surface area (Å²) in [5.41, 5.74) is 2.54. The van der Waals surface area contributed by atoms with Gasteiger partial charge in [0.25, 0.3) is 0 Å². The monoisotopic (exact) mass is 260 g/mol. The Morgan fingerprint density at radius 3 is 2.37 bits per heavy atom. The molecular formula is C16H24N2O. The van der Waals surface area contributed by atoms with Gasteiger partial charge in [-0.25, -0.2) is 0 Å². The molecule has 1 amide bonds. The van der Waals surface area contributed by atoms with Gasteiger partial charge in [-0.3, -0.25) is 4.79 Å². The van der Waals surface area contributed by atoms with E-state index in [9.17, 15) is 4.79 Å². The van der Waals surface area contributed by atoms with Crippen LogP contribution in [0.2, 0.25) is 0 Å². The van der Waals surface area contributed by atoms with Crippen molar-refractivity contribution >= 4 is 5.91 Å². The standard InChI is InChI=1S/C16H24N2O/c1-3-13-4-6-14(7-5-13)8-11-18-15(19)16(9-10-16)12-17-2/h4-7,17H,3,8-12H2,1-2H3,(H,18,19). The minimum atomic E-state index is -0.110. The molecule has 0 bridgehead atoms. The molecule has 0 atom stereocenters. The maximum Gasteiger partial charge on any atom is 0.227 e. The van der Waals surface area contributed by atoms with E-state index in [4.69, 9.17) is 0 Å². The Morgan fingerprint density at radius 2 is 1.84 bits per heavy atom.